The van der Waals surface area contributed by atoms with Crippen LogP contribution in [0.3, 0.4) is 0 Å². The Hall–Kier alpha value is -0.130. The van der Waals surface area contributed by atoms with Crippen molar-refractivity contribution in [3.63, 3.8) is 0 Å². The Morgan fingerprint density at radius 2 is 1.13 bits per heavy atom. The zero-order chi connectivity index (χ0) is 18.1. The van der Waals surface area contributed by atoms with Crippen LogP contribution >= 0.6 is 0 Å². The van der Waals surface area contributed by atoms with Crippen molar-refractivity contribution in [2.24, 2.45) is 0 Å². The van der Waals surface area contributed by atoms with Gasteiger partial charge in [0.1, 0.15) is 0 Å². The molecular formula is C18H41NO3S. The molecule has 0 fully saturated rings. The minimum atomic E-state index is -3.83. The largest absolute Gasteiger partial charge is 0.312 e. The molecule has 0 aliphatic carbocycles. The van der Waals surface area contributed by atoms with Crippen LogP contribution in [0.5, 0.6) is 0 Å². The van der Waals surface area contributed by atoms with Gasteiger partial charge in [-0.05, 0) is 34.0 Å². The summed E-state index contributed by atoms with van der Waals surface area (Å²) in [5.41, 5.74) is 0. The van der Waals surface area contributed by atoms with E-state index >= 15 is 0 Å². The summed E-state index contributed by atoms with van der Waals surface area (Å²) in [6, 6.07) is 0. The van der Waals surface area contributed by atoms with Crippen molar-refractivity contribution in [3.05, 3.63) is 0 Å². The van der Waals surface area contributed by atoms with Crippen molar-refractivity contribution in [2.75, 3.05) is 21.1 Å². The van der Waals surface area contributed by atoms with Gasteiger partial charge in [0, 0.05) is 0 Å². The highest BCUT2D eigenvalue weighted by atomic mass is 32.2. The van der Waals surface area contributed by atoms with Crippen molar-refractivity contribution in [1.29, 1.82) is 0 Å². The summed E-state index contributed by atoms with van der Waals surface area (Å²) in [6.07, 6.45) is 13.6. The molecule has 0 saturated carbocycles. The summed E-state index contributed by atoms with van der Waals surface area (Å²) in [4.78, 5) is 2.00. The second kappa shape index (κ2) is 16.7. The average Bonchev–Trinajstić information content (AvgIpc) is 2.43. The van der Waals surface area contributed by atoms with Crippen molar-refractivity contribution >= 4 is 10.1 Å². The topological polar surface area (TPSA) is 57.6 Å². The quantitative estimate of drug-likeness (QED) is 0.368. The van der Waals surface area contributed by atoms with Crippen LogP contribution in [0.2, 0.25) is 0 Å². The normalized spacial score (nSPS) is 12.8. The van der Waals surface area contributed by atoms with Crippen LogP contribution in [0.15, 0.2) is 0 Å². The molecule has 0 saturated heterocycles. The summed E-state index contributed by atoms with van der Waals surface area (Å²) in [5, 5.41) is -0.554. The molecule has 23 heavy (non-hydrogen) atoms. The number of hydrogen-bond acceptors (Lipinski definition) is 3. The van der Waals surface area contributed by atoms with E-state index in [2.05, 4.69) is 6.92 Å². The maximum atomic E-state index is 11.0. The molecule has 142 valence electrons. The van der Waals surface area contributed by atoms with E-state index in [0.29, 0.717) is 12.8 Å². The smallest absolute Gasteiger partial charge is 0.267 e. The molecule has 1 unspecified atom stereocenters. The van der Waals surface area contributed by atoms with Crippen LogP contribution in [0.4, 0.5) is 0 Å². The highest BCUT2D eigenvalue weighted by Crippen LogP contribution is 2.15. The first-order valence-electron chi connectivity index (χ1n) is 9.32. The molecular weight excluding hydrogens is 310 g/mol. The third-order valence-corrected chi connectivity index (χ3v) is 5.17. The van der Waals surface area contributed by atoms with Crippen LogP contribution in [0, 0.1) is 0 Å². The van der Waals surface area contributed by atoms with Crippen molar-refractivity contribution in [1.82, 2.24) is 4.90 Å². The minimum Gasteiger partial charge on any atom is -0.312 e. The van der Waals surface area contributed by atoms with Gasteiger partial charge in [0.05, 0.1) is 5.25 Å². The van der Waals surface area contributed by atoms with Gasteiger partial charge in [-0.2, -0.15) is 8.42 Å². The Kier molecular flexibility index (Phi) is 18.3. The SMILES string of the molecule is CCCCCCCCCCCCC(CC)S(=O)(=O)O.CN(C)C. The van der Waals surface area contributed by atoms with Crippen LogP contribution < -0.4 is 0 Å². The van der Waals surface area contributed by atoms with E-state index in [1.165, 1.54) is 51.4 Å². The van der Waals surface area contributed by atoms with Crippen LogP contribution in [0.1, 0.15) is 90.9 Å². The molecule has 0 aromatic rings. The van der Waals surface area contributed by atoms with E-state index < -0.39 is 15.4 Å². The van der Waals surface area contributed by atoms with E-state index in [1.807, 2.05) is 33.0 Å². The van der Waals surface area contributed by atoms with Crippen LogP contribution in [-0.4, -0.2) is 44.3 Å². The number of rotatable bonds is 13. The third kappa shape index (κ3) is 21.9. The monoisotopic (exact) mass is 351 g/mol. The van der Waals surface area contributed by atoms with Gasteiger partial charge in [-0.1, -0.05) is 78.1 Å². The molecule has 1 atom stereocenters. The fourth-order valence-electron chi connectivity index (χ4n) is 2.42. The third-order valence-electron chi connectivity index (χ3n) is 3.76. The lowest BCUT2D eigenvalue weighted by molar-refractivity contribution is 0.452. The predicted molar refractivity (Wildman–Crippen MR) is 102 cm³/mol. The molecule has 5 heteroatoms. The van der Waals surface area contributed by atoms with E-state index in [9.17, 15) is 8.42 Å². The van der Waals surface area contributed by atoms with Gasteiger partial charge in [0.25, 0.3) is 10.1 Å². The fourth-order valence-corrected chi connectivity index (χ4v) is 3.31. The molecule has 0 aromatic heterocycles. The van der Waals surface area contributed by atoms with E-state index in [-0.39, 0.29) is 0 Å². The highest BCUT2D eigenvalue weighted by molar-refractivity contribution is 7.86. The molecule has 0 spiro atoms. The summed E-state index contributed by atoms with van der Waals surface area (Å²) < 4.78 is 31.0. The molecule has 0 aliphatic heterocycles. The fraction of sp³-hybridized carbons (Fsp3) is 1.00. The first-order valence-corrected chi connectivity index (χ1v) is 10.8. The maximum absolute atomic E-state index is 11.0. The molecule has 0 aromatic carbocycles. The second-order valence-electron chi connectivity index (χ2n) is 6.86. The number of nitrogens with zero attached hydrogens (tertiary/aromatic N) is 1. The van der Waals surface area contributed by atoms with Crippen molar-refractivity contribution in [2.45, 2.75) is 96.1 Å². The summed E-state index contributed by atoms with van der Waals surface area (Å²) in [5.74, 6) is 0. The molecule has 0 bridgehead atoms. The minimum absolute atomic E-state index is 0.510. The Bertz CT molecular complexity index is 326. The molecule has 0 radical (unpaired) electrons. The lowest BCUT2D eigenvalue weighted by atomic mass is 10.0. The second-order valence-corrected chi connectivity index (χ2v) is 8.55. The first-order chi connectivity index (χ1) is 10.8. The Labute approximate surface area is 145 Å². The van der Waals surface area contributed by atoms with Gasteiger partial charge in [0.2, 0.25) is 0 Å². The molecule has 0 amide bonds. The van der Waals surface area contributed by atoms with Gasteiger partial charge >= 0.3 is 0 Å². The standard InChI is InChI=1S/C15H32O3S.C3H9N/c1-3-5-6-7-8-9-10-11-12-13-14-15(4-2)19(16,17)18;1-4(2)3/h15H,3-14H2,1-2H3,(H,16,17,18);1-3H3. The molecule has 4 nitrogen and oxygen atoms in total. The lowest BCUT2D eigenvalue weighted by Crippen LogP contribution is -2.19. The average molecular weight is 352 g/mol. The van der Waals surface area contributed by atoms with E-state index in [0.717, 1.165) is 12.8 Å². The molecule has 0 aliphatic rings. The van der Waals surface area contributed by atoms with Crippen molar-refractivity contribution in [3.8, 4) is 0 Å². The molecule has 1 N–H and O–H groups in total. The first kappa shape index (κ1) is 25.1. The van der Waals surface area contributed by atoms with Gasteiger partial charge < -0.3 is 4.90 Å². The van der Waals surface area contributed by atoms with Crippen LogP contribution in [0.25, 0.3) is 0 Å². The molecule has 0 heterocycles. The van der Waals surface area contributed by atoms with Crippen molar-refractivity contribution < 1.29 is 13.0 Å². The number of hydrogen-bond donors (Lipinski definition) is 1. The highest BCUT2D eigenvalue weighted by Gasteiger charge is 2.19. The Morgan fingerprint density at radius 1 is 0.783 bits per heavy atom. The Morgan fingerprint density at radius 3 is 1.43 bits per heavy atom. The Balaban J connectivity index is 0. The predicted octanol–water partition coefficient (Wildman–Crippen LogP) is 5.14. The lowest BCUT2D eigenvalue weighted by Gasteiger charge is -2.10. The molecule has 0 rings (SSSR count). The zero-order valence-electron chi connectivity index (χ0n) is 16.2. The summed E-state index contributed by atoms with van der Waals surface area (Å²) in [7, 11) is 2.17. The van der Waals surface area contributed by atoms with Gasteiger partial charge in [-0.25, -0.2) is 0 Å². The number of unbranched alkanes of at least 4 members (excludes halogenated alkanes) is 9. The van der Waals surface area contributed by atoms with E-state index in [1.54, 1.807) is 0 Å². The summed E-state index contributed by atoms with van der Waals surface area (Å²) in [6.45, 7) is 4.05. The van der Waals surface area contributed by atoms with Crippen LogP contribution in [-0.2, 0) is 10.1 Å². The maximum Gasteiger partial charge on any atom is 0.267 e. The van der Waals surface area contributed by atoms with Gasteiger partial charge in [-0.3, -0.25) is 4.55 Å². The zero-order valence-corrected chi connectivity index (χ0v) is 17.0. The van der Waals surface area contributed by atoms with Gasteiger partial charge in [0.15, 0.2) is 0 Å². The van der Waals surface area contributed by atoms with E-state index in [4.69, 9.17) is 4.55 Å². The van der Waals surface area contributed by atoms with Gasteiger partial charge in [-0.15, -0.1) is 0 Å². The summed E-state index contributed by atoms with van der Waals surface area (Å²) >= 11 is 0.